The molecule has 0 N–H and O–H groups in total. The first-order chi connectivity index (χ1) is 13.3. The second-order valence-electron chi connectivity index (χ2n) is 7.27. The monoisotopic (exact) mass is 440 g/mol. The number of ether oxygens (including phenoxy) is 1. The van der Waals surface area contributed by atoms with E-state index in [0.717, 1.165) is 12.8 Å². The van der Waals surface area contributed by atoms with E-state index in [1.54, 1.807) is 29.2 Å². The fourth-order valence-electron chi connectivity index (χ4n) is 3.48. The fraction of sp³-hybridized carbons (Fsp3) is 0.474. The number of hydrogen-bond acceptors (Lipinski definition) is 6. The van der Waals surface area contributed by atoms with Crippen LogP contribution in [0.5, 0.6) is 5.75 Å². The highest BCUT2D eigenvalue weighted by atomic mass is 35.5. The zero-order chi connectivity index (χ0) is 19.9. The zero-order valence-electron chi connectivity index (χ0n) is 15.4. The van der Waals surface area contributed by atoms with Gasteiger partial charge in [-0.25, -0.2) is 13.4 Å². The highest BCUT2D eigenvalue weighted by Gasteiger charge is 2.43. The molecular weight excluding hydrogens is 420 g/mol. The lowest BCUT2D eigenvalue weighted by Crippen LogP contribution is -2.42. The number of aromatic nitrogens is 1. The van der Waals surface area contributed by atoms with Gasteiger partial charge >= 0.3 is 0 Å². The first kappa shape index (κ1) is 19.7. The Kier molecular flexibility index (Phi) is 5.37. The van der Waals surface area contributed by atoms with Crippen molar-refractivity contribution in [1.29, 1.82) is 0 Å². The molecule has 1 aliphatic carbocycles. The average Bonchev–Trinajstić information content (AvgIpc) is 3.31. The van der Waals surface area contributed by atoms with Crippen molar-refractivity contribution in [3.63, 3.8) is 0 Å². The van der Waals surface area contributed by atoms with Crippen molar-refractivity contribution in [1.82, 2.24) is 9.88 Å². The van der Waals surface area contributed by atoms with Crippen LogP contribution in [0.15, 0.2) is 24.3 Å². The van der Waals surface area contributed by atoms with Gasteiger partial charge < -0.3 is 9.64 Å². The third kappa shape index (κ3) is 4.34. The average molecular weight is 441 g/mol. The van der Waals surface area contributed by atoms with Crippen LogP contribution in [-0.2, 0) is 16.4 Å². The van der Waals surface area contributed by atoms with Gasteiger partial charge in [0.2, 0.25) is 0 Å². The van der Waals surface area contributed by atoms with Gasteiger partial charge in [0.15, 0.2) is 9.84 Å². The molecule has 2 heterocycles. The van der Waals surface area contributed by atoms with E-state index >= 15 is 0 Å². The van der Waals surface area contributed by atoms with Gasteiger partial charge in [0.05, 0.1) is 17.2 Å². The van der Waals surface area contributed by atoms with E-state index in [1.807, 2.05) is 6.92 Å². The summed E-state index contributed by atoms with van der Waals surface area (Å²) in [5, 5.41) is 1.35. The second-order valence-corrected chi connectivity index (χ2v) is 11.0. The lowest BCUT2D eigenvalue weighted by Gasteiger charge is -2.28. The normalized spacial score (nSPS) is 20.9. The molecule has 1 unspecified atom stereocenters. The molecule has 0 spiro atoms. The first-order valence-electron chi connectivity index (χ1n) is 9.20. The summed E-state index contributed by atoms with van der Waals surface area (Å²) in [6, 6.07) is 7.00. The Balaban J connectivity index is 1.48. The van der Waals surface area contributed by atoms with Crippen LogP contribution >= 0.6 is 22.9 Å². The SMILES string of the molecule is Cc1nc(COc2ccc(Cl)cc2)sc1C(=O)N(C1CC1)C1CCS(=O)(=O)C1. The van der Waals surface area contributed by atoms with Crippen LogP contribution in [-0.4, -0.2) is 47.8 Å². The van der Waals surface area contributed by atoms with Crippen LogP contribution in [0.1, 0.15) is 39.6 Å². The van der Waals surface area contributed by atoms with E-state index in [0.29, 0.717) is 32.8 Å². The summed E-state index contributed by atoms with van der Waals surface area (Å²) >= 11 is 7.19. The van der Waals surface area contributed by atoms with E-state index in [2.05, 4.69) is 4.98 Å². The Morgan fingerprint density at radius 2 is 1.96 bits per heavy atom. The van der Waals surface area contributed by atoms with Crippen LogP contribution < -0.4 is 4.74 Å². The number of nitrogens with zero attached hydrogens (tertiary/aromatic N) is 2. The third-order valence-electron chi connectivity index (χ3n) is 4.99. The van der Waals surface area contributed by atoms with E-state index in [-0.39, 0.29) is 36.1 Å². The lowest BCUT2D eigenvalue weighted by atomic mass is 10.2. The number of rotatable bonds is 6. The maximum atomic E-state index is 13.2. The van der Waals surface area contributed by atoms with Crippen molar-refractivity contribution >= 4 is 38.7 Å². The molecule has 0 bridgehead atoms. The van der Waals surface area contributed by atoms with Crippen LogP contribution in [0, 0.1) is 6.92 Å². The van der Waals surface area contributed by atoms with Crippen molar-refractivity contribution < 1.29 is 17.9 Å². The summed E-state index contributed by atoms with van der Waals surface area (Å²) < 4.78 is 29.5. The van der Waals surface area contributed by atoms with Crippen LogP contribution in [0.25, 0.3) is 0 Å². The Morgan fingerprint density at radius 1 is 1.25 bits per heavy atom. The standard InChI is InChI=1S/C19H21ClN2O4S2/c1-12-18(27-17(21-12)10-26-16-6-2-13(20)3-7-16)19(23)22(14-4-5-14)15-8-9-28(24,25)11-15/h2-3,6-7,14-15H,4-5,8-11H2,1H3. The minimum absolute atomic E-state index is 0.0691. The molecule has 1 aromatic heterocycles. The maximum absolute atomic E-state index is 13.2. The Hall–Kier alpha value is -1.64. The molecule has 2 aromatic rings. The summed E-state index contributed by atoms with van der Waals surface area (Å²) in [5.41, 5.74) is 0.663. The number of sulfone groups is 1. The van der Waals surface area contributed by atoms with Crippen LogP contribution in [0.2, 0.25) is 5.02 Å². The molecule has 150 valence electrons. The molecule has 1 aliphatic heterocycles. The molecule has 1 saturated heterocycles. The molecular formula is C19H21ClN2O4S2. The van der Waals surface area contributed by atoms with Crippen LogP contribution in [0.4, 0.5) is 0 Å². The Labute approximate surface area is 173 Å². The number of benzene rings is 1. The maximum Gasteiger partial charge on any atom is 0.266 e. The molecule has 2 fully saturated rings. The molecule has 0 radical (unpaired) electrons. The van der Waals surface area contributed by atoms with E-state index in [4.69, 9.17) is 16.3 Å². The smallest absolute Gasteiger partial charge is 0.266 e. The van der Waals surface area contributed by atoms with Gasteiger partial charge in [-0.2, -0.15) is 0 Å². The number of hydrogen-bond donors (Lipinski definition) is 0. The Morgan fingerprint density at radius 3 is 2.57 bits per heavy atom. The summed E-state index contributed by atoms with van der Waals surface area (Å²) in [6.45, 7) is 2.08. The first-order valence-corrected chi connectivity index (χ1v) is 12.2. The van der Waals surface area contributed by atoms with Gasteiger partial charge in [0, 0.05) is 17.1 Å². The van der Waals surface area contributed by atoms with Gasteiger partial charge in [0.1, 0.15) is 22.2 Å². The van der Waals surface area contributed by atoms with E-state index in [9.17, 15) is 13.2 Å². The minimum Gasteiger partial charge on any atom is -0.486 e. The summed E-state index contributed by atoms with van der Waals surface area (Å²) in [4.78, 5) is 20.1. The zero-order valence-corrected chi connectivity index (χ0v) is 17.8. The number of halogens is 1. The predicted octanol–water partition coefficient (Wildman–Crippen LogP) is 3.48. The highest BCUT2D eigenvalue weighted by molar-refractivity contribution is 7.91. The molecule has 2 aliphatic rings. The molecule has 1 saturated carbocycles. The Bertz CT molecular complexity index is 984. The molecule has 28 heavy (non-hydrogen) atoms. The number of aryl methyl sites for hydroxylation is 1. The van der Waals surface area contributed by atoms with Gasteiger partial charge in [-0.1, -0.05) is 11.6 Å². The van der Waals surface area contributed by atoms with Crippen molar-refractivity contribution in [3.05, 3.63) is 44.9 Å². The molecule has 1 atom stereocenters. The largest absolute Gasteiger partial charge is 0.486 e. The summed E-state index contributed by atoms with van der Waals surface area (Å²) in [7, 11) is -3.04. The second kappa shape index (κ2) is 7.65. The summed E-state index contributed by atoms with van der Waals surface area (Å²) in [6.07, 6.45) is 2.40. The molecule has 1 amide bonds. The fourth-order valence-corrected chi connectivity index (χ4v) is 6.24. The van der Waals surface area contributed by atoms with Gasteiger partial charge in [-0.05, 0) is 50.5 Å². The quantitative estimate of drug-likeness (QED) is 0.687. The van der Waals surface area contributed by atoms with Crippen molar-refractivity contribution in [2.45, 2.75) is 44.9 Å². The van der Waals surface area contributed by atoms with Crippen LogP contribution in [0.3, 0.4) is 0 Å². The minimum atomic E-state index is -3.04. The molecule has 9 heteroatoms. The van der Waals surface area contributed by atoms with Gasteiger partial charge in [0.25, 0.3) is 5.91 Å². The number of carbonyl (C=O) groups excluding carboxylic acids is 1. The van der Waals surface area contributed by atoms with Crippen molar-refractivity contribution in [2.75, 3.05) is 11.5 Å². The highest BCUT2D eigenvalue weighted by Crippen LogP contribution is 2.35. The van der Waals surface area contributed by atoms with Gasteiger partial charge in [-0.3, -0.25) is 4.79 Å². The topological polar surface area (TPSA) is 76.6 Å². The van der Waals surface area contributed by atoms with Crippen molar-refractivity contribution in [3.8, 4) is 5.75 Å². The summed E-state index contributed by atoms with van der Waals surface area (Å²) in [5.74, 6) is 0.813. The van der Waals surface area contributed by atoms with Gasteiger partial charge in [-0.15, -0.1) is 11.3 Å². The van der Waals surface area contributed by atoms with E-state index < -0.39 is 9.84 Å². The molecule has 4 rings (SSSR count). The number of thiazole rings is 1. The molecule has 1 aromatic carbocycles. The third-order valence-corrected chi connectivity index (χ3v) is 8.11. The van der Waals surface area contributed by atoms with Crippen molar-refractivity contribution in [2.24, 2.45) is 0 Å². The molecule has 6 nitrogen and oxygen atoms in total. The lowest BCUT2D eigenvalue weighted by molar-refractivity contribution is 0.0685. The number of carbonyl (C=O) groups is 1. The number of amides is 1. The van der Waals surface area contributed by atoms with E-state index in [1.165, 1.54) is 11.3 Å². The predicted molar refractivity (Wildman–Crippen MR) is 109 cm³/mol.